The van der Waals surface area contributed by atoms with Crippen molar-refractivity contribution in [3.63, 3.8) is 0 Å². The normalized spacial score (nSPS) is 17.3. The first kappa shape index (κ1) is 11.9. The lowest BCUT2D eigenvalue weighted by Gasteiger charge is -2.37. The van der Waals surface area contributed by atoms with Crippen molar-refractivity contribution in [3.05, 3.63) is 29.3 Å². The van der Waals surface area contributed by atoms with Gasteiger partial charge in [0.25, 0.3) is 0 Å². The molecule has 1 aliphatic carbocycles. The third-order valence-corrected chi connectivity index (χ3v) is 3.37. The molecule has 0 atom stereocenters. The Labute approximate surface area is 100 Å². The molecule has 0 radical (unpaired) electrons. The summed E-state index contributed by atoms with van der Waals surface area (Å²) in [7, 11) is 0. The van der Waals surface area contributed by atoms with E-state index in [4.69, 9.17) is 5.11 Å². The number of nitrogens with one attached hydrogen (secondary N) is 1. The second kappa shape index (κ2) is 4.37. The largest absolute Gasteiger partial charge is 0.478 e. The molecular weight excluding hydrogens is 218 g/mol. The Balaban J connectivity index is 2.03. The summed E-state index contributed by atoms with van der Waals surface area (Å²) in [5.41, 5.74) is 1.48. The van der Waals surface area contributed by atoms with E-state index in [2.05, 4.69) is 5.32 Å². The molecule has 0 spiro atoms. The zero-order valence-electron chi connectivity index (χ0n) is 9.86. The zero-order chi connectivity index (χ0) is 12.5. The van der Waals surface area contributed by atoms with Gasteiger partial charge in [-0.2, -0.15) is 0 Å². The van der Waals surface area contributed by atoms with Crippen LogP contribution in [0.3, 0.4) is 0 Å². The van der Waals surface area contributed by atoms with Crippen molar-refractivity contribution in [1.82, 2.24) is 0 Å². The highest BCUT2D eigenvalue weighted by Crippen LogP contribution is 2.32. The van der Waals surface area contributed by atoms with Crippen molar-refractivity contribution < 1.29 is 15.0 Å². The Morgan fingerprint density at radius 2 is 2.18 bits per heavy atom. The Morgan fingerprint density at radius 1 is 1.47 bits per heavy atom. The molecule has 4 heteroatoms. The highest BCUT2D eigenvalue weighted by molar-refractivity contribution is 5.88. The van der Waals surface area contributed by atoms with Crippen molar-refractivity contribution in [2.45, 2.75) is 31.8 Å². The van der Waals surface area contributed by atoms with Crippen LogP contribution in [0.5, 0.6) is 0 Å². The van der Waals surface area contributed by atoms with Crippen LogP contribution in [-0.2, 0) is 0 Å². The van der Waals surface area contributed by atoms with Crippen LogP contribution in [0, 0.1) is 6.92 Å². The van der Waals surface area contributed by atoms with E-state index in [-0.39, 0.29) is 5.56 Å². The van der Waals surface area contributed by atoms with E-state index < -0.39 is 11.6 Å². The van der Waals surface area contributed by atoms with Gasteiger partial charge in [-0.1, -0.05) is 0 Å². The quantitative estimate of drug-likeness (QED) is 0.746. The maximum absolute atomic E-state index is 10.8. The number of aromatic carboxylic acids is 1. The molecule has 0 amide bonds. The molecule has 3 N–H and O–H groups in total. The van der Waals surface area contributed by atoms with Crippen molar-refractivity contribution in [2.75, 3.05) is 11.9 Å². The van der Waals surface area contributed by atoms with Crippen LogP contribution in [0.15, 0.2) is 18.2 Å². The number of anilines is 1. The number of aryl methyl sites for hydroxylation is 1. The van der Waals surface area contributed by atoms with Crippen LogP contribution in [0.2, 0.25) is 0 Å². The average Bonchev–Trinajstić information content (AvgIpc) is 2.24. The van der Waals surface area contributed by atoms with Crippen LogP contribution in [0.25, 0.3) is 0 Å². The van der Waals surface area contributed by atoms with E-state index >= 15 is 0 Å². The molecule has 1 aromatic rings. The van der Waals surface area contributed by atoms with Crippen molar-refractivity contribution >= 4 is 11.7 Å². The summed E-state index contributed by atoms with van der Waals surface area (Å²) >= 11 is 0. The topological polar surface area (TPSA) is 69.6 Å². The second-order valence-corrected chi connectivity index (χ2v) is 4.77. The van der Waals surface area contributed by atoms with Crippen molar-refractivity contribution in [1.29, 1.82) is 0 Å². The summed E-state index contributed by atoms with van der Waals surface area (Å²) in [4.78, 5) is 10.8. The first-order chi connectivity index (χ1) is 8.00. The van der Waals surface area contributed by atoms with Gasteiger partial charge in [0, 0.05) is 12.2 Å². The van der Waals surface area contributed by atoms with E-state index in [1.165, 1.54) is 0 Å². The third-order valence-electron chi connectivity index (χ3n) is 3.37. The molecule has 0 aromatic heterocycles. The summed E-state index contributed by atoms with van der Waals surface area (Å²) in [5.74, 6) is -0.919. The Hall–Kier alpha value is -1.55. The van der Waals surface area contributed by atoms with E-state index in [1.807, 2.05) is 6.92 Å². The van der Waals surface area contributed by atoms with Gasteiger partial charge in [0.15, 0.2) is 0 Å². The number of rotatable bonds is 4. The molecule has 1 saturated carbocycles. The second-order valence-electron chi connectivity index (χ2n) is 4.77. The maximum Gasteiger partial charge on any atom is 0.335 e. The highest BCUT2D eigenvalue weighted by Gasteiger charge is 2.33. The lowest BCUT2D eigenvalue weighted by molar-refractivity contribution is -0.0202. The number of hydrogen-bond donors (Lipinski definition) is 3. The first-order valence-corrected chi connectivity index (χ1v) is 5.80. The maximum atomic E-state index is 10.8. The molecule has 92 valence electrons. The minimum atomic E-state index is -0.919. The lowest BCUT2D eigenvalue weighted by Crippen LogP contribution is -2.43. The number of carboxylic acid groups (broad SMARTS) is 1. The van der Waals surface area contributed by atoms with Gasteiger partial charge in [0.05, 0.1) is 11.2 Å². The third kappa shape index (κ3) is 2.58. The molecule has 1 aliphatic rings. The molecule has 2 rings (SSSR count). The van der Waals surface area contributed by atoms with E-state index in [0.29, 0.717) is 6.54 Å². The fraction of sp³-hybridized carbons (Fsp3) is 0.462. The number of carbonyl (C=O) groups is 1. The Bertz CT molecular complexity index is 438. The summed E-state index contributed by atoms with van der Waals surface area (Å²) < 4.78 is 0. The summed E-state index contributed by atoms with van der Waals surface area (Å²) in [5, 5.41) is 22.0. The molecule has 0 heterocycles. The number of carboxylic acids is 1. The summed E-state index contributed by atoms with van der Waals surface area (Å²) in [6.45, 7) is 2.39. The first-order valence-electron chi connectivity index (χ1n) is 5.80. The lowest BCUT2D eigenvalue weighted by atomic mass is 9.80. The molecule has 0 unspecified atom stereocenters. The van der Waals surface area contributed by atoms with Crippen LogP contribution in [0.1, 0.15) is 35.2 Å². The minimum absolute atomic E-state index is 0.287. The predicted octanol–water partition coefficient (Wildman–Crippen LogP) is 2.02. The summed E-state index contributed by atoms with van der Waals surface area (Å²) in [6.07, 6.45) is 2.76. The number of benzene rings is 1. The highest BCUT2D eigenvalue weighted by atomic mass is 16.4. The minimum Gasteiger partial charge on any atom is -0.478 e. The monoisotopic (exact) mass is 235 g/mol. The van der Waals surface area contributed by atoms with Crippen molar-refractivity contribution in [3.8, 4) is 0 Å². The van der Waals surface area contributed by atoms with Gasteiger partial charge in [-0.25, -0.2) is 4.79 Å². The molecule has 0 saturated heterocycles. The fourth-order valence-electron chi connectivity index (χ4n) is 2.02. The predicted molar refractivity (Wildman–Crippen MR) is 65.4 cm³/mol. The molecule has 17 heavy (non-hydrogen) atoms. The fourth-order valence-corrected chi connectivity index (χ4v) is 2.02. The summed E-state index contributed by atoms with van der Waals surface area (Å²) in [6, 6.07) is 4.96. The molecular formula is C13H17NO3. The van der Waals surface area contributed by atoms with Crippen LogP contribution < -0.4 is 5.32 Å². The zero-order valence-corrected chi connectivity index (χ0v) is 9.86. The van der Waals surface area contributed by atoms with Gasteiger partial charge in [0.2, 0.25) is 0 Å². The molecule has 0 aliphatic heterocycles. The van der Waals surface area contributed by atoms with Crippen LogP contribution in [0.4, 0.5) is 5.69 Å². The van der Waals surface area contributed by atoms with Gasteiger partial charge < -0.3 is 15.5 Å². The van der Waals surface area contributed by atoms with Crippen LogP contribution >= 0.6 is 0 Å². The van der Waals surface area contributed by atoms with Gasteiger partial charge in [-0.05, 0) is 49.9 Å². The van der Waals surface area contributed by atoms with Gasteiger partial charge in [-0.3, -0.25) is 0 Å². The number of hydrogen-bond acceptors (Lipinski definition) is 3. The Morgan fingerprint density at radius 3 is 2.65 bits per heavy atom. The van der Waals surface area contributed by atoms with E-state index in [1.54, 1.807) is 18.2 Å². The molecule has 1 fully saturated rings. The standard InChI is InChI=1S/C13H17NO3/c1-9-7-10(12(15)16)3-4-11(9)14-8-13(17)5-2-6-13/h3-4,7,14,17H,2,5-6,8H2,1H3,(H,15,16). The SMILES string of the molecule is Cc1cc(C(=O)O)ccc1NCC1(O)CCC1. The average molecular weight is 235 g/mol. The number of aliphatic hydroxyl groups is 1. The molecule has 4 nitrogen and oxygen atoms in total. The van der Waals surface area contributed by atoms with E-state index in [9.17, 15) is 9.90 Å². The Kier molecular flexibility index (Phi) is 3.07. The van der Waals surface area contributed by atoms with Crippen molar-refractivity contribution in [2.24, 2.45) is 0 Å². The van der Waals surface area contributed by atoms with E-state index in [0.717, 1.165) is 30.5 Å². The van der Waals surface area contributed by atoms with Crippen LogP contribution in [-0.4, -0.2) is 28.3 Å². The van der Waals surface area contributed by atoms with Gasteiger partial charge in [-0.15, -0.1) is 0 Å². The molecule has 0 bridgehead atoms. The smallest absolute Gasteiger partial charge is 0.335 e. The van der Waals surface area contributed by atoms with Gasteiger partial charge >= 0.3 is 5.97 Å². The molecule has 1 aromatic carbocycles. The van der Waals surface area contributed by atoms with Gasteiger partial charge in [0.1, 0.15) is 0 Å².